The van der Waals surface area contributed by atoms with Crippen molar-refractivity contribution in [1.29, 1.82) is 0 Å². The summed E-state index contributed by atoms with van der Waals surface area (Å²) in [6.45, 7) is 1.65. The Kier molecular flexibility index (Phi) is 3.88. The van der Waals surface area contributed by atoms with Crippen LogP contribution in [0.1, 0.15) is 23.0 Å². The van der Waals surface area contributed by atoms with Gasteiger partial charge in [0.25, 0.3) is 0 Å². The number of aromatic nitrogens is 2. The highest BCUT2D eigenvalue weighted by Gasteiger charge is 2.31. The fourth-order valence-corrected chi connectivity index (χ4v) is 1.81. The van der Waals surface area contributed by atoms with Crippen LogP contribution >= 0.6 is 0 Å². The second kappa shape index (κ2) is 5.47. The quantitative estimate of drug-likeness (QED) is 0.855. The van der Waals surface area contributed by atoms with Crippen LogP contribution in [0.3, 0.4) is 0 Å². The lowest BCUT2D eigenvalue weighted by molar-refractivity contribution is -0.137. The van der Waals surface area contributed by atoms with E-state index in [1.807, 2.05) is 0 Å². The molecular formula is C13H11F3N2O3. The first kappa shape index (κ1) is 14.9. The Morgan fingerprint density at radius 3 is 2.62 bits per heavy atom. The van der Waals surface area contributed by atoms with E-state index in [1.165, 1.54) is 12.1 Å². The van der Waals surface area contributed by atoms with Crippen molar-refractivity contribution in [1.82, 2.24) is 9.97 Å². The van der Waals surface area contributed by atoms with Gasteiger partial charge >= 0.3 is 17.8 Å². The molecule has 8 heteroatoms. The molecule has 0 aliphatic heterocycles. The van der Waals surface area contributed by atoms with Gasteiger partial charge < -0.3 is 9.72 Å². The number of ether oxygens (including phenoxy) is 1. The molecule has 1 heterocycles. The number of rotatable bonds is 3. The third-order valence-electron chi connectivity index (χ3n) is 2.69. The zero-order chi connectivity index (χ0) is 15.6. The van der Waals surface area contributed by atoms with Crippen molar-refractivity contribution < 1.29 is 22.7 Å². The molecule has 0 unspecified atom stereocenters. The number of nitrogens with one attached hydrogen (secondary N) is 2. The molecule has 5 nitrogen and oxygen atoms in total. The molecule has 21 heavy (non-hydrogen) atoms. The number of halogens is 3. The van der Waals surface area contributed by atoms with Gasteiger partial charge in [-0.25, -0.2) is 9.59 Å². The minimum absolute atomic E-state index is 0.0375. The summed E-state index contributed by atoms with van der Waals surface area (Å²) in [5, 5.41) is 0. The Hall–Kier alpha value is -2.51. The first-order valence-corrected chi connectivity index (χ1v) is 6.00. The van der Waals surface area contributed by atoms with Crippen molar-refractivity contribution in [2.24, 2.45) is 0 Å². The molecule has 1 aromatic heterocycles. The molecule has 0 saturated heterocycles. The van der Waals surface area contributed by atoms with Crippen molar-refractivity contribution >= 4 is 5.97 Å². The maximum absolute atomic E-state index is 12.7. The molecule has 2 rings (SSSR count). The standard InChI is InChI=1S/C13H11F3N2O3/c1-2-21-11(19)10-9(17-12(20)18-10)7-4-3-5-8(6-7)13(14,15)16/h3-6H,2H2,1H3,(H2,17,18,20). The molecule has 0 spiro atoms. The lowest BCUT2D eigenvalue weighted by atomic mass is 10.1. The van der Waals surface area contributed by atoms with E-state index in [2.05, 4.69) is 9.97 Å². The van der Waals surface area contributed by atoms with Gasteiger partial charge in [-0.15, -0.1) is 0 Å². The number of alkyl halides is 3. The van der Waals surface area contributed by atoms with Gasteiger partial charge in [-0.1, -0.05) is 12.1 Å². The summed E-state index contributed by atoms with van der Waals surface area (Å²) >= 11 is 0. The fraction of sp³-hybridized carbons (Fsp3) is 0.231. The van der Waals surface area contributed by atoms with E-state index < -0.39 is 23.4 Å². The summed E-state index contributed by atoms with van der Waals surface area (Å²) in [6.07, 6.45) is -4.52. The van der Waals surface area contributed by atoms with Crippen LogP contribution in [0.4, 0.5) is 13.2 Å². The SMILES string of the molecule is CCOC(=O)c1[nH]c(=O)[nH]c1-c1cccc(C(F)(F)F)c1. The van der Waals surface area contributed by atoms with Crippen LogP contribution in [0.25, 0.3) is 11.3 Å². The monoisotopic (exact) mass is 300 g/mol. The highest BCUT2D eigenvalue weighted by Crippen LogP contribution is 2.32. The normalized spacial score (nSPS) is 11.4. The van der Waals surface area contributed by atoms with E-state index >= 15 is 0 Å². The molecule has 2 N–H and O–H groups in total. The van der Waals surface area contributed by atoms with Crippen molar-refractivity contribution in [3.63, 3.8) is 0 Å². The van der Waals surface area contributed by atoms with Gasteiger partial charge in [-0.2, -0.15) is 13.2 Å². The Balaban J connectivity index is 2.52. The van der Waals surface area contributed by atoms with Crippen molar-refractivity contribution in [3.05, 3.63) is 46.0 Å². The number of H-pyrrole nitrogens is 2. The fourth-order valence-electron chi connectivity index (χ4n) is 1.81. The lowest BCUT2D eigenvalue weighted by Crippen LogP contribution is -2.09. The molecular weight excluding hydrogens is 289 g/mol. The van der Waals surface area contributed by atoms with Crippen LogP contribution in [0, 0.1) is 0 Å². The Morgan fingerprint density at radius 1 is 1.29 bits per heavy atom. The molecule has 0 amide bonds. The molecule has 1 aromatic carbocycles. The average molecular weight is 300 g/mol. The van der Waals surface area contributed by atoms with Crippen LogP contribution in [-0.2, 0) is 10.9 Å². The second-order valence-corrected chi connectivity index (χ2v) is 4.13. The lowest BCUT2D eigenvalue weighted by Gasteiger charge is -2.08. The number of hydrogen-bond donors (Lipinski definition) is 2. The summed E-state index contributed by atoms with van der Waals surface area (Å²) < 4.78 is 42.8. The third kappa shape index (κ3) is 3.15. The Morgan fingerprint density at radius 2 is 2.00 bits per heavy atom. The van der Waals surface area contributed by atoms with Crippen LogP contribution in [0.2, 0.25) is 0 Å². The van der Waals surface area contributed by atoms with Gasteiger partial charge in [0.15, 0.2) is 5.69 Å². The molecule has 0 atom stereocenters. The van der Waals surface area contributed by atoms with E-state index in [0.29, 0.717) is 0 Å². The first-order valence-electron chi connectivity index (χ1n) is 6.00. The van der Waals surface area contributed by atoms with Crippen LogP contribution in [-0.4, -0.2) is 22.5 Å². The minimum Gasteiger partial charge on any atom is -0.461 e. The minimum atomic E-state index is -4.52. The largest absolute Gasteiger partial charge is 0.461 e. The number of carbonyl (C=O) groups excluding carboxylic acids is 1. The summed E-state index contributed by atoms with van der Waals surface area (Å²) in [7, 11) is 0. The zero-order valence-corrected chi connectivity index (χ0v) is 10.9. The Bertz CT molecular complexity index is 716. The van der Waals surface area contributed by atoms with E-state index in [0.717, 1.165) is 12.1 Å². The summed E-state index contributed by atoms with van der Waals surface area (Å²) in [4.78, 5) is 27.6. The number of aromatic amines is 2. The van der Waals surface area contributed by atoms with Crippen LogP contribution in [0.5, 0.6) is 0 Å². The van der Waals surface area contributed by atoms with E-state index in [4.69, 9.17) is 4.74 Å². The molecule has 0 fully saturated rings. The van der Waals surface area contributed by atoms with E-state index in [9.17, 15) is 22.8 Å². The summed E-state index contributed by atoms with van der Waals surface area (Å²) in [5.41, 5.74) is -1.76. The van der Waals surface area contributed by atoms with Crippen molar-refractivity contribution in [2.75, 3.05) is 6.61 Å². The highest BCUT2D eigenvalue weighted by molar-refractivity contribution is 5.94. The van der Waals surface area contributed by atoms with Gasteiger partial charge in [0.05, 0.1) is 17.9 Å². The van der Waals surface area contributed by atoms with Crippen molar-refractivity contribution in [2.45, 2.75) is 13.1 Å². The Labute approximate surface area is 116 Å². The molecule has 0 saturated carbocycles. The molecule has 0 radical (unpaired) electrons. The number of carbonyl (C=O) groups is 1. The molecule has 112 valence electrons. The average Bonchev–Trinajstić information content (AvgIpc) is 2.80. The highest BCUT2D eigenvalue weighted by atomic mass is 19.4. The van der Waals surface area contributed by atoms with Gasteiger partial charge in [0.2, 0.25) is 0 Å². The van der Waals surface area contributed by atoms with Crippen LogP contribution in [0.15, 0.2) is 29.1 Å². The molecule has 0 bridgehead atoms. The van der Waals surface area contributed by atoms with Gasteiger partial charge in [0.1, 0.15) is 0 Å². The number of benzene rings is 1. The van der Waals surface area contributed by atoms with Crippen molar-refractivity contribution in [3.8, 4) is 11.3 Å². The third-order valence-corrected chi connectivity index (χ3v) is 2.69. The summed E-state index contributed by atoms with van der Waals surface area (Å²) in [5.74, 6) is -0.816. The van der Waals surface area contributed by atoms with Gasteiger partial charge in [-0.05, 0) is 19.1 Å². The predicted octanol–water partition coefficient (Wildman–Crippen LogP) is 2.57. The first-order chi connectivity index (χ1) is 9.82. The number of imidazole rings is 1. The maximum atomic E-state index is 12.7. The van der Waals surface area contributed by atoms with Gasteiger partial charge in [-0.3, -0.25) is 4.98 Å². The zero-order valence-electron chi connectivity index (χ0n) is 10.9. The molecule has 0 aliphatic carbocycles. The second-order valence-electron chi connectivity index (χ2n) is 4.13. The number of hydrogen-bond acceptors (Lipinski definition) is 3. The van der Waals surface area contributed by atoms with Crippen LogP contribution < -0.4 is 5.69 Å². The summed E-state index contributed by atoms with van der Waals surface area (Å²) in [6, 6.07) is 4.30. The maximum Gasteiger partial charge on any atom is 0.416 e. The topological polar surface area (TPSA) is 75.0 Å². The predicted molar refractivity (Wildman–Crippen MR) is 67.8 cm³/mol. The smallest absolute Gasteiger partial charge is 0.416 e. The molecule has 0 aliphatic rings. The van der Waals surface area contributed by atoms with E-state index in [1.54, 1.807) is 6.92 Å². The molecule has 2 aromatic rings. The number of esters is 1. The van der Waals surface area contributed by atoms with E-state index in [-0.39, 0.29) is 23.6 Å². The van der Waals surface area contributed by atoms with Gasteiger partial charge in [0, 0.05) is 5.56 Å².